The minimum atomic E-state index is -0.740. The lowest BCUT2D eigenvalue weighted by molar-refractivity contribution is -0.394. The van der Waals surface area contributed by atoms with Gasteiger partial charge in [-0.3, -0.25) is 20.2 Å². The number of benzene rings is 1. The van der Waals surface area contributed by atoms with Gasteiger partial charge in [0, 0.05) is 17.8 Å². The Hall–Kier alpha value is -3.85. The predicted molar refractivity (Wildman–Crippen MR) is 96.3 cm³/mol. The first-order valence-electron chi connectivity index (χ1n) is 7.64. The van der Waals surface area contributed by atoms with Gasteiger partial charge in [-0.05, 0) is 19.1 Å². The number of nitriles is 1. The van der Waals surface area contributed by atoms with Gasteiger partial charge in [-0.2, -0.15) is 5.26 Å². The number of thioether (sulfide) groups is 1. The lowest BCUT2D eigenvalue weighted by Gasteiger charge is -2.02. The molecule has 0 atom stereocenters. The van der Waals surface area contributed by atoms with Crippen molar-refractivity contribution in [2.45, 2.75) is 17.7 Å². The molecule has 0 aliphatic heterocycles. The number of aromatic nitrogens is 3. The van der Waals surface area contributed by atoms with Crippen molar-refractivity contribution in [3.63, 3.8) is 0 Å². The second-order valence-corrected chi connectivity index (χ2v) is 6.42. The van der Waals surface area contributed by atoms with Gasteiger partial charge in [0.1, 0.15) is 11.1 Å². The number of pyridine rings is 1. The van der Waals surface area contributed by atoms with Crippen LogP contribution in [0.25, 0.3) is 11.5 Å². The van der Waals surface area contributed by atoms with E-state index in [4.69, 9.17) is 9.68 Å². The molecule has 0 unspecified atom stereocenters. The highest BCUT2D eigenvalue weighted by Gasteiger charge is 2.20. The highest BCUT2D eigenvalue weighted by Crippen LogP contribution is 2.30. The Bertz CT molecular complexity index is 1090. The summed E-state index contributed by atoms with van der Waals surface area (Å²) in [5, 5.41) is 39.3. The smallest absolute Gasteiger partial charge is 0.277 e. The monoisotopic (exact) mass is 398 g/mol. The van der Waals surface area contributed by atoms with Crippen LogP contribution in [0.3, 0.4) is 0 Å². The normalized spacial score (nSPS) is 10.4. The van der Waals surface area contributed by atoms with Crippen molar-refractivity contribution in [3.8, 4) is 17.5 Å². The molecule has 28 heavy (non-hydrogen) atoms. The third kappa shape index (κ3) is 4.10. The van der Waals surface area contributed by atoms with Crippen molar-refractivity contribution in [1.82, 2.24) is 15.2 Å². The fraction of sp³-hybridized carbons (Fsp3) is 0.125. The highest BCUT2D eigenvalue weighted by molar-refractivity contribution is 7.98. The SMILES string of the molecule is Cc1ccc(C#N)c(SCc2nnc(-c3cc([N+](=O)[O-])cc([N+](=O)[O-])c3)o2)n1. The molecule has 0 saturated heterocycles. The molecule has 0 fully saturated rings. The number of rotatable bonds is 6. The molecule has 0 spiro atoms. The topological polar surface area (TPSA) is 162 Å². The van der Waals surface area contributed by atoms with Crippen LogP contribution in [0.2, 0.25) is 0 Å². The number of nitro groups is 2. The minimum Gasteiger partial charge on any atom is -0.420 e. The Kier molecular flexibility index (Phi) is 5.28. The van der Waals surface area contributed by atoms with Crippen LogP contribution < -0.4 is 0 Å². The van der Waals surface area contributed by atoms with Gasteiger partial charge in [0.2, 0.25) is 11.8 Å². The number of non-ortho nitro benzene ring substituents is 2. The summed E-state index contributed by atoms with van der Waals surface area (Å²) in [6.07, 6.45) is 0. The third-order valence-corrected chi connectivity index (χ3v) is 4.47. The van der Waals surface area contributed by atoms with E-state index >= 15 is 0 Å². The van der Waals surface area contributed by atoms with Crippen LogP contribution in [-0.2, 0) is 5.75 Å². The van der Waals surface area contributed by atoms with Crippen molar-refractivity contribution < 1.29 is 14.3 Å². The van der Waals surface area contributed by atoms with Gasteiger partial charge in [0.05, 0.1) is 32.8 Å². The zero-order chi connectivity index (χ0) is 20.3. The van der Waals surface area contributed by atoms with E-state index in [-0.39, 0.29) is 23.1 Å². The van der Waals surface area contributed by atoms with E-state index in [1.165, 1.54) is 11.8 Å². The van der Waals surface area contributed by atoms with Gasteiger partial charge >= 0.3 is 0 Å². The summed E-state index contributed by atoms with van der Waals surface area (Å²) in [5.74, 6) is 0.302. The molecule has 0 aliphatic rings. The second-order valence-electron chi connectivity index (χ2n) is 5.46. The Labute approximate surface area is 161 Å². The fourth-order valence-electron chi connectivity index (χ4n) is 2.22. The van der Waals surface area contributed by atoms with Crippen molar-refractivity contribution in [1.29, 1.82) is 5.26 Å². The number of nitrogens with zero attached hydrogens (tertiary/aromatic N) is 6. The molecule has 0 saturated carbocycles. The summed E-state index contributed by atoms with van der Waals surface area (Å²) in [6, 6.07) is 8.52. The zero-order valence-electron chi connectivity index (χ0n) is 14.2. The van der Waals surface area contributed by atoms with E-state index in [1.807, 2.05) is 6.07 Å². The van der Waals surface area contributed by atoms with Gasteiger partial charge in [-0.15, -0.1) is 10.2 Å². The lowest BCUT2D eigenvalue weighted by Crippen LogP contribution is -1.94. The number of hydrogen-bond acceptors (Lipinski definition) is 10. The van der Waals surface area contributed by atoms with E-state index < -0.39 is 21.2 Å². The molecule has 2 aromatic heterocycles. The molecule has 2 heterocycles. The standard InChI is InChI=1S/C16H10N6O5S/c1-9-2-3-10(7-17)16(18-9)28-8-14-19-20-15(27-14)11-4-12(21(23)24)6-13(5-11)22(25)26/h2-6H,8H2,1H3. The number of nitro benzene ring substituents is 2. The van der Waals surface area contributed by atoms with E-state index in [9.17, 15) is 20.2 Å². The van der Waals surface area contributed by atoms with E-state index in [0.717, 1.165) is 23.9 Å². The second kappa shape index (κ2) is 7.80. The van der Waals surface area contributed by atoms with Crippen molar-refractivity contribution >= 4 is 23.1 Å². The summed E-state index contributed by atoms with van der Waals surface area (Å²) in [5.41, 5.74) is 0.305. The largest absolute Gasteiger partial charge is 0.420 e. The van der Waals surface area contributed by atoms with Gasteiger partial charge in [0.25, 0.3) is 11.4 Å². The van der Waals surface area contributed by atoms with E-state index in [0.29, 0.717) is 10.6 Å². The van der Waals surface area contributed by atoms with Crippen molar-refractivity contribution in [2.75, 3.05) is 0 Å². The molecule has 0 aliphatic carbocycles. The van der Waals surface area contributed by atoms with Crippen LogP contribution in [0.5, 0.6) is 0 Å². The number of aryl methyl sites for hydroxylation is 1. The predicted octanol–water partition coefficient (Wildman–Crippen LogP) is 3.42. The average molecular weight is 398 g/mol. The molecule has 11 nitrogen and oxygen atoms in total. The maximum Gasteiger partial charge on any atom is 0.277 e. The van der Waals surface area contributed by atoms with E-state index in [1.54, 1.807) is 19.1 Å². The lowest BCUT2D eigenvalue weighted by atomic mass is 10.2. The first kappa shape index (κ1) is 18.9. The highest BCUT2D eigenvalue weighted by atomic mass is 32.2. The summed E-state index contributed by atoms with van der Waals surface area (Å²) in [7, 11) is 0. The molecule has 0 amide bonds. The van der Waals surface area contributed by atoms with Crippen molar-refractivity contribution in [3.05, 3.63) is 67.7 Å². The Morgan fingerprint density at radius 3 is 2.43 bits per heavy atom. The van der Waals surface area contributed by atoms with Crippen LogP contribution in [-0.4, -0.2) is 25.0 Å². The maximum absolute atomic E-state index is 11.0. The first-order valence-corrected chi connectivity index (χ1v) is 8.63. The van der Waals surface area contributed by atoms with Crippen LogP contribution in [0.15, 0.2) is 39.8 Å². The van der Waals surface area contributed by atoms with Crippen LogP contribution in [0.4, 0.5) is 11.4 Å². The Balaban J connectivity index is 1.85. The van der Waals surface area contributed by atoms with Crippen LogP contribution in [0, 0.1) is 38.5 Å². The summed E-state index contributed by atoms with van der Waals surface area (Å²) in [4.78, 5) is 24.8. The van der Waals surface area contributed by atoms with Gasteiger partial charge in [-0.1, -0.05) is 11.8 Å². The molecule has 3 rings (SSSR count). The molecule has 3 aromatic rings. The van der Waals surface area contributed by atoms with Crippen molar-refractivity contribution in [2.24, 2.45) is 0 Å². The number of hydrogen-bond donors (Lipinski definition) is 0. The van der Waals surface area contributed by atoms with Gasteiger partial charge < -0.3 is 4.42 Å². The maximum atomic E-state index is 11.0. The summed E-state index contributed by atoms with van der Waals surface area (Å²) >= 11 is 1.22. The van der Waals surface area contributed by atoms with Gasteiger partial charge in [-0.25, -0.2) is 4.98 Å². The quantitative estimate of drug-likeness (QED) is 0.341. The molecule has 0 radical (unpaired) electrons. The molecular formula is C16H10N6O5S. The Morgan fingerprint density at radius 1 is 1.14 bits per heavy atom. The van der Waals surface area contributed by atoms with Crippen LogP contribution >= 0.6 is 11.8 Å². The zero-order valence-corrected chi connectivity index (χ0v) is 15.0. The fourth-order valence-corrected chi connectivity index (χ4v) is 3.07. The van der Waals surface area contributed by atoms with Crippen LogP contribution in [0.1, 0.15) is 17.1 Å². The molecule has 1 aromatic carbocycles. The molecular weight excluding hydrogens is 388 g/mol. The van der Waals surface area contributed by atoms with E-state index in [2.05, 4.69) is 15.2 Å². The Morgan fingerprint density at radius 2 is 1.82 bits per heavy atom. The average Bonchev–Trinajstić information content (AvgIpc) is 3.15. The third-order valence-electron chi connectivity index (χ3n) is 3.49. The molecule has 0 N–H and O–H groups in total. The minimum absolute atomic E-state index is 0.0658. The molecule has 140 valence electrons. The molecule has 0 bridgehead atoms. The van der Waals surface area contributed by atoms with Gasteiger partial charge in [0.15, 0.2) is 0 Å². The summed E-state index contributed by atoms with van der Waals surface area (Å²) < 4.78 is 5.47. The first-order chi connectivity index (χ1) is 13.4. The molecule has 12 heteroatoms. The summed E-state index contributed by atoms with van der Waals surface area (Å²) in [6.45, 7) is 1.80.